The summed E-state index contributed by atoms with van der Waals surface area (Å²) < 4.78 is 0. The number of carbonyl (C=O) groups is 2. The van der Waals surface area contributed by atoms with Gasteiger partial charge in [-0.3, -0.25) is 9.59 Å². The fraction of sp³-hybridized carbons (Fsp3) is 0.579. The minimum Gasteiger partial charge on any atom is -0.342 e. The lowest BCUT2D eigenvalue weighted by atomic mass is 10.1. The first-order chi connectivity index (χ1) is 11.0. The molecule has 2 aliphatic rings. The molecule has 3 rings (SSSR count). The summed E-state index contributed by atoms with van der Waals surface area (Å²) in [4.78, 5) is 28.6. The summed E-state index contributed by atoms with van der Waals surface area (Å²) in [6.07, 6.45) is 2.80. The molecular formula is C19H26N2O2. The Hall–Kier alpha value is -1.84. The summed E-state index contributed by atoms with van der Waals surface area (Å²) in [6.45, 7) is 5.32. The molecule has 0 aromatic heterocycles. The van der Waals surface area contributed by atoms with Gasteiger partial charge in [0.1, 0.15) is 0 Å². The van der Waals surface area contributed by atoms with Crippen molar-refractivity contribution in [2.24, 2.45) is 11.8 Å². The van der Waals surface area contributed by atoms with E-state index in [0.29, 0.717) is 31.5 Å². The SMILES string of the molecule is Cc1ccc(CN2C[C@@H](C(=O)N(C)[C@H](C)C3CC3)CC2=O)cc1. The second-order valence-corrected chi connectivity index (χ2v) is 7.19. The fourth-order valence-electron chi connectivity index (χ4n) is 3.39. The summed E-state index contributed by atoms with van der Waals surface area (Å²) in [6, 6.07) is 8.52. The van der Waals surface area contributed by atoms with E-state index >= 15 is 0 Å². The third-order valence-corrected chi connectivity index (χ3v) is 5.32. The van der Waals surface area contributed by atoms with Crippen LogP contribution in [0, 0.1) is 18.8 Å². The lowest BCUT2D eigenvalue weighted by molar-refractivity contribution is -0.136. The van der Waals surface area contributed by atoms with Gasteiger partial charge in [0.2, 0.25) is 11.8 Å². The molecule has 2 atom stereocenters. The largest absolute Gasteiger partial charge is 0.342 e. The van der Waals surface area contributed by atoms with Crippen molar-refractivity contribution in [3.8, 4) is 0 Å². The first kappa shape index (κ1) is 16.0. The van der Waals surface area contributed by atoms with Crippen molar-refractivity contribution in [3.63, 3.8) is 0 Å². The van der Waals surface area contributed by atoms with E-state index in [1.54, 1.807) is 0 Å². The standard InChI is InChI=1S/C19H26N2O2/c1-13-4-6-15(7-5-13)11-21-12-17(10-18(21)22)19(23)20(3)14(2)16-8-9-16/h4-7,14,16-17H,8-12H2,1-3H3/t14-,17+/m1/s1. The second kappa shape index (κ2) is 6.34. The summed E-state index contributed by atoms with van der Waals surface area (Å²) in [5, 5.41) is 0. The van der Waals surface area contributed by atoms with Gasteiger partial charge in [-0.2, -0.15) is 0 Å². The number of hydrogen-bond acceptors (Lipinski definition) is 2. The lowest BCUT2D eigenvalue weighted by Crippen LogP contribution is -2.41. The van der Waals surface area contributed by atoms with E-state index in [2.05, 4.69) is 38.1 Å². The van der Waals surface area contributed by atoms with Gasteiger partial charge in [-0.1, -0.05) is 29.8 Å². The van der Waals surface area contributed by atoms with Crippen LogP contribution in [0.5, 0.6) is 0 Å². The molecule has 2 fully saturated rings. The number of rotatable bonds is 5. The Morgan fingerprint density at radius 1 is 1.30 bits per heavy atom. The Balaban J connectivity index is 1.60. The van der Waals surface area contributed by atoms with Crippen LogP contribution in [0.25, 0.3) is 0 Å². The maximum absolute atomic E-state index is 12.7. The van der Waals surface area contributed by atoms with E-state index in [0.717, 1.165) is 5.56 Å². The molecule has 2 amide bonds. The second-order valence-electron chi connectivity index (χ2n) is 7.19. The molecule has 0 bridgehead atoms. The molecule has 124 valence electrons. The van der Waals surface area contributed by atoms with Crippen LogP contribution in [-0.4, -0.2) is 41.2 Å². The van der Waals surface area contributed by atoms with Gasteiger partial charge in [0.25, 0.3) is 0 Å². The van der Waals surface area contributed by atoms with Crippen LogP contribution in [0.4, 0.5) is 0 Å². The molecule has 1 saturated carbocycles. The molecule has 0 N–H and O–H groups in total. The van der Waals surface area contributed by atoms with Crippen molar-refractivity contribution in [1.29, 1.82) is 0 Å². The maximum atomic E-state index is 12.7. The number of carbonyl (C=O) groups excluding carboxylic acids is 2. The minimum atomic E-state index is -0.181. The van der Waals surface area contributed by atoms with Crippen LogP contribution in [0.1, 0.15) is 37.3 Å². The topological polar surface area (TPSA) is 40.6 Å². The molecule has 0 radical (unpaired) electrons. The van der Waals surface area contributed by atoms with Crippen molar-refractivity contribution in [1.82, 2.24) is 9.80 Å². The zero-order valence-corrected chi connectivity index (χ0v) is 14.3. The molecule has 1 aromatic rings. The van der Waals surface area contributed by atoms with E-state index in [1.165, 1.54) is 18.4 Å². The Bertz CT molecular complexity index is 592. The van der Waals surface area contributed by atoms with Crippen molar-refractivity contribution in [2.75, 3.05) is 13.6 Å². The molecule has 23 heavy (non-hydrogen) atoms. The predicted octanol–water partition coefficient (Wildman–Crippen LogP) is 2.60. The van der Waals surface area contributed by atoms with Crippen LogP contribution in [-0.2, 0) is 16.1 Å². The number of likely N-dealkylation sites (tertiary alicyclic amines) is 1. The normalized spacial score (nSPS) is 22.3. The van der Waals surface area contributed by atoms with E-state index in [9.17, 15) is 9.59 Å². The highest BCUT2D eigenvalue weighted by atomic mass is 16.2. The number of hydrogen-bond donors (Lipinski definition) is 0. The monoisotopic (exact) mass is 314 g/mol. The van der Waals surface area contributed by atoms with Crippen LogP contribution >= 0.6 is 0 Å². The van der Waals surface area contributed by atoms with Crippen molar-refractivity contribution >= 4 is 11.8 Å². The smallest absolute Gasteiger partial charge is 0.227 e. The van der Waals surface area contributed by atoms with Gasteiger partial charge < -0.3 is 9.80 Å². The van der Waals surface area contributed by atoms with Crippen molar-refractivity contribution < 1.29 is 9.59 Å². The zero-order valence-electron chi connectivity index (χ0n) is 14.3. The average molecular weight is 314 g/mol. The quantitative estimate of drug-likeness (QED) is 0.838. The van der Waals surface area contributed by atoms with E-state index < -0.39 is 0 Å². The Kier molecular flexibility index (Phi) is 4.42. The van der Waals surface area contributed by atoms with Gasteiger partial charge in [-0.05, 0) is 38.2 Å². The number of amides is 2. The third kappa shape index (κ3) is 3.57. The summed E-state index contributed by atoms with van der Waals surface area (Å²) >= 11 is 0. The molecule has 4 heteroatoms. The van der Waals surface area contributed by atoms with Gasteiger partial charge in [-0.25, -0.2) is 0 Å². The van der Waals surface area contributed by atoms with Gasteiger partial charge in [0.05, 0.1) is 5.92 Å². The molecule has 4 nitrogen and oxygen atoms in total. The van der Waals surface area contributed by atoms with Gasteiger partial charge >= 0.3 is 0 Å². The molecule has 0 spiro atoms. The van der Waals surface area contributed by atoms with Crippen LogP contribution in [0.2, 0.25) is 0 Å². The highest BCUT2D eigenvalue weighted by Gasteiger charge is 2.39. The molecule has 1 aliphatic heterocycles. The van der Waals surface area contributed by atoms with Crippen molar-refractivity contribution in [3.05, 3.63) is 35.4 Å². The Labute approximate surface area is 138 Å². The summed E-state index contributed by atoms with van der Waals surface area (Å²) in [5.41, 5.74) is 2.34. The van der Waals surface area contributed by atoms with E-state index in [-0.39, 0.29) is 17.7 Å². The Morgan fingerprint density at radius 3 is 2.57 bits per heavy atom. The first-order valence-corrected chi connectivity index (χ1v) is 8.55. The van der Waals surface area contributed by atoms with Gasteiger partial charge in [0.15, 0.2) is 0 Å². The third-order valence-electron chi connectivity index (χ3n) is 5.32. The summed E-state index contributed by atoms with van der Waals surface area (Å²) in [5.74, 6) is 0.699. The molecular weight excluding hydrogens is 288 g/mol. The van der Waals surface area contributed by atoms with E-state index in [1.807, 2.05) is 16.8 Å². The molecule has 1 aromatic carbocycles. The summed E-state index contributed by atoms with van der Waals surface area (Å²) in [7, 11) is 1.89. The predicted molar refractivity (Wildman–Crippen MR) is 89.7 cm³/mol. The zero-order chi connectivity index (χ0) is 16.6. The average Bonchev–Trinajstić information content (AvgIpc) is 3.32. The van der Waals surface area contributed by atoms with Crippen molar-refractivity contribution in [2.45, 2.75) is 45.7 Å². The van der Waals surface area contributed by atoms with Gasteiger partial charge in [0, 0.05) is 32.6 Å². The molecule has 1 aliphatic carbocycles. The first-order valence-electron chi connectivity index (χ1n) is 8.55. The Morgan fingerprint density at radius 2 is 1.96 bits per heavy atom. The molecule has 1 saturated heterocycles. The maximum Gasteiger partial charge on any atom is 0.227 e. The van der Waals surface area contributed by atoms with Gasteiger partial charge in [-0.15, -0.1) is 0 Å². The lowest BCUT2D eigenvalue weighted by Gasteiger charge is -2.27. The number of benzene rings is 1. The highest BCUT2D eigenvalue weighted by Crippen LogP contribution is 2.35. The van der Waals surface area contributed by atoms with Crippen LogP contribution in [0.3, 0.4) is 0 Å². The van der Waals surface area contributed by atoms with Crippen LogP contribution in [0.15, 0.2) is 24.3 Å². The number of nitrogens with zero attached hydrogens (tertiary/aromatic N) is 2. The minimum absolute atomic E-state index is 0.0939. The molecule has 0 unspecified atom stereocenters. The van der Waals surface area contributed by atoms with Crippen LogP contribution < -0.4 is 0 Å². The highest BCUT2D eigenvalue weighted by molar-refractivity contribution is 5.89. The number of aryl methyl sites for hydroxylation is 1. The molecule has 1 heterocycles. The fourth-order valence-corrected chi connectivity index (χ4v) is 3.39. The van der Waals surface area contributed by atoms with E-state index in [4.69, 9.17) is 0 Å².